The number of aromatic hydroxyl groups is 1. The summed E-state index contributed by atoms with van der Waals surface area (Å²) in [6.45, 7) is 10.2. The van der Waals surface area contributed by atoms with E-state index in [1.54, 1.807) is 39.8 Å². The van der Waals surface area contributed by atoms with Gasteiger partial charge in [0.2, 0.25) is 5.91 Å². The molecule has 0 aliphatic rings. The van der Waals surface area contributed by atoms with E-state index in [1.807, 2.05) is 32.0 Å². The molecule has 0 spiro atoms. The highest BCUT2D eigenvalue weighted by molar-refractivity contribution is 6.01. The number of carbonyl (C=O) groups is 4. The number of hydrogen-bond donors (Lipinski definition) is 4. The molecule has 2 rings (SSSR count). The average molecular weight is 537 g/mol. The van der Waals surface area contributed by atoms with Crippen LogP contribution in [0.4, 0.5) is 10.5 Å². The van der Waals surface area contributed by atoms with Gasteiger partial charge in [-0.3, -0.25) is 19.3 Å². The number of nitrogens with zero attached hydrogens (tertiary/aromatic N) is 1. The lowest BCUT2D eigenvalue weighted by Gasteiger charge is -2.31. The molecule has 4 amide bonds. The lowest BCUT2D eigenvalue weighted by molar-refractivity contribution is -0.137. The van der Waals surface area contributed by atoms with Crippen LogP contribution in [0.2, 0.25) is 0 Å². The van der Waals surface area contributed by atoms with Gasteiger partial charge in [-0.25, -0.2) is 4.79 Å². The van der Waals surface area contributed by atoms with Crippen LogP contribution in [-0.4, -0.2) is 45.5 Å². The van der Waals surface area contributed by atoms with Gasteiger partial charge in [0.05, 0.1) is 0 Å². The number of phenolic OH excluding ortho intramolecular Hbond substituents is 1. The lowest BCUT2D eigenvalue weighted by Crippen LogP contribution is -2.51. The quantitative estimate of drug-likeness (QED) is 0.284. The van der Waals surface area contributed by atoms with Crippen molar-refractivity contribution in [3.05, 3.63) is 58.7 Å². The molecule has 2 aromatic carbocycles. The van der Waals surface area contributed by atoms with Crippen molar-refractivity contribution in [2.24, 2.45) is 5.73 Å². The number of aryl methyl sites for hydroxylation is 3. The van der Waals surface area contributed by atoms with Crippen molar-refractivity contribution in [1.82, 2.24) is 10.2 Å². The van der Waals surface area contributed by atoms with Gasteiger partial charge in [-0.05, 0) is 64.7 Å². The third-order valence-electron chi connectivity index (χ3n) is 5.84. The third-order valence-corrected chi connectivity index (χ3v) is 5.84. The van der Waals surface area contributed by atoms with Crippen molar-refractivity contribution < 1.29 is 29.0 Å². The van der Waals surface area contributed by atoms with Gasteiger partial charge in [0.1, 0.15) is 17.4 Å². The summed E-state index contributed by atoms with van der Waals surface area (Å²) < 4.78 is 5.26. The average Bonchev–Trinajstić information content (AvgIpc) is 2.83. The van der Waals surface area contributed by atoms with Gasteiger partial charge in [-0.1, -0.05) is 42.8 Å². The van der Waals surface area contributed by atoms with Crippen LogP contribution in [0.5, 0.6) is 5.75 Å². The summed E-state index contributed by atoms with van der Waals surface area (Å²) in [5.74, 6) is -2.48. The topological polar surface area (TPSA) is 151 Å². The van der Waals surface area contributed by atoms with E-state index in [-0.39, 0.29) is 24.2 Å². The van der Waals surface area contributed by atoms with Crippen molar-refractivity contribution in [3.8, 4) is 18.2 Å². The molecule has 0 heterocycles. The highest BCUT2D eigenvalue weighted by Crippen LogP contribution is 2.33. The monoisotopic (exact) mass is 536 g/mol. The maximum atomic E-state index is 13.8. The Morgan fingerprint density at radius 2 is 1.62 bits per heavy atom. The van der Waals surface area contributed by atoms with Gasteiger partial charge in [-0.2, -0.15) is 0 Å². The van der Waals surface area contributed by atoms with E-state index in [1.165, 1.54) is 6.07 Å². The molecule has 0 saturated heterocycles. The number of para-hydroxylation sites is 2. The number of hydrogen-bond acceptors (Lipinski definition) is 6. The minimum atomic E-state index is -1.49. The molecule has 10 nitrogen and oxygen atoms in total. The van der Waals surface area contributed by atoms with E-state index in [0.29, 0.717) is 11.3 Å². The van der Waals surface area contributed by atoms with Gasteiger partial charge in [0.15, 0.2) is 6.04 Å². The Balaban J connectivity index is 2.57. The number of terminal acetylenes is 1. The standard InChI is InChI=1S/C29H36N4O6/c1-8-33(27(37)21(15-16-22(30)34)31-28(38)39-29(5,6)7)24(20-14-10-13-19(4)25(20)35)26(36)32-23-17(2)11-9-12-18(23)3/h1,9-14,21,24,35H,15-16H2,2-7H3,(H2,30,34)(H,31,38)(H,32,36). The molecule has 5 N–H and O–H groups in total. The van der Waals surface area contributed by atoms with E-state index in [9.17, 15) is 24.3 Å². The van der Waals surface area contributed by atoms with Gasteiger partial charge in [-0.15, -0.1) is 0 Å². The molecule has 0 aromatic heterocycles. The minimum absolute atomic E-state index is 0.0796. The van der Waals surface area contributed by atoms with Crippen molar-refractivity contribution in [2.45, 2.75) is 72.1 Å². The molecular formula is C29H36N4O6. The van der Waals surface area contributed by atoms with Crippen LogP contribution < -0.4 is 16.4 Å². The molecule has 10 heteroatoms. The van der Waals surface area contributed by atoms with E-state index in [2.05, 4.69) is 16.7 Å². The smallest absolute Gasteiger partial charge is 0.408 e. The molecule has 0 radical (unpaired) electrons. The number of alkyl carbamates (subject to hydrolysis) is 1. The van der Waals surface area contributed by atoms with Crippen LogP contribution in [0.15, 0.2) is 36.4 Å². The van der Waals surface area contributed by atoms with Crippen LogP contribution in [0.3, 0.4) is 0 Å². The Kier molecular flexibility index (Phi) is 10.1. The number of ether oxygens (including phenoxy) is 1. The molecule has 0 aliphatic carbocycles. The Morgan fingerprint density at radius 1 is 1.05 bits per heavy atom. The Labute approximate surface area is 228 Å². The molecular weight excluding hydrogens is 500 g/mol. The predicted octanol–water partition coefficient (Wildman–Crippen LogP) is 3.58. The highest BCUT2D eigenvalue weighted by Gasteiger charge is 2.37. The zero-order valence-corrected chi connectivity index (χ0v) is 23.1. The highest BCUT2D eigenvalue weighted by atomic mass is 16.6. The molecule has 2 atom stereocenters. The summed E-state index contributed by atoms with van der Waals surface area (Å²) in [5, 5.41) is 16.1. The first-order valence-corrected chi connectivity index (χ1v) is 12.4. The fourth-order valence-electron chi connectivity index (χ4n) is 3.93. The van der Waals surface area contributed by atoms with Gasteiger partial charge < -0.3 is 26.2 Å². The predicted molar refractivity (Wildman–Crippen MR) is 147 cm³/mol. The van der Waals surface area contributed by atoms with Crippen LogP contribution in [-0.2, 0) is 19.1 Å². The number of carbonyl (C=O) groups excluding carboxylic acids is 4. The largest absolute Gasteiger partial charge is 0.507 e. The Hall–Kier alpha value is -4.52. The number of primary amides is 1. The number of nitrogens with one attached hydrogen (secondary N) is 2. The zero-order chi connectivity index (χ0) is 29.5. The molecule has 208 valence electrons. The zero-order valence-electron chi connectivity index (χ0n) is 23.1. The van der Waals surface area contributed by atoms with Gasteiger partial charge in [0.25, 0.3) is 11.8 Å². The summed E-state index contributed by atoms with van der Waals surface area (Å²) in [6.07, 6.45) is 4.41. The fraction of sp³-hybridized carbons (Fsp3) is 0.379. The van der Waals surface area contributed by atoms with Crippen LogP contribution in [0.25, 0.3) is 0 Å². The maximum absolute atomic E-state index is 13.8. The number of amides is 4. The summed E-state index contributed by atoms with van der Waals surface area (Å²) >= 11 is 0. The summed E-state index contributed by atoms with van der Waals surface area (Å²) in [4.78, 5) is 52.4. The first-order valence-electron chi connectivity index (χ1n) is 12.4. The van der Waals surface area contributed by atoms with Crippen LogP contribution >= 0.6 is 0 Å². The molecule has 0 aliphatic heterocycles. The molecule has 0 saturated carbocycles. The second kappa shape index (κ2) is 12.8. The van der Waals surface area contributed by atoms with Crippen molar-refractivity contribution in [3.63, 3.8) is 0 Å². The Morgan fingerprint density at radius 3 is 2.15 bits per heavy atom. The first-order chi connectivity index (χ1) is 18.2. The van der Waals surface area contributed by atoms with Gasteiger partial charge in [0, 0.05) is 23.7 Å². The molecule has 39 heavy (non-hydrogen) atoms. The minimum Gasteiger partial charge on any atom is -0.507 e. The second-order valence-corrected chi connectivity index (χ2v) is 10.2. The number of nitrogens with two attached hydrogens (primary N) is 1. The van der Waals surface area contributed by atoms with Crippen LogP contribution in [0.1, 0.15) is 61.9 Å². The number of phenols is 1. The van der Waals surface area contributed by atoms with Crippen molar-refractivity contribution in [1.29, 1.82) is 0 Å². The molecule has 0 bridgehead atoms. The summed E-state index contributed by atoms with van der Waals surface area (Å²) in [6, 6.07) is 9.60. The van der Waals surface area contributed by atoms with E-state index in [0.717, 1.165) is 16.0 Å². The summed E-state index contributed by atoms with van der Waals surface area (Å²) in [5.41, 5.74) is 7.04. The van der Waals surface area contributed by atoms with E-state index in [4.69, 9.17) is 16.9 Å². The van der Waals surface area contributed by atoms with Crippen LogP contribution in [0, 0.1) is 33.2 Å². The number of rotatable bonds is 9. The number of benzene rings is 2. The SMILES string of the molecule is C#CN(C(=O)C(CCC(N)=O)NC(=O)OC(C)(C)C)C(C(=O)Nc1c(C)cccc1C)c1cccc(C)c1O. The normalized spacial score (nSPS) is 12.4. The fourth-order valence-corrected chi connectivity index (χ4v) is 3.93. The molecule has 0 fully saturated rings. The van der Waals surface area contributed by atoms with Crippen molar-refractivity contribution in [2.75, 3.05) is 5.32 Å². The number of anilines is 1. The lowest BCUT2D eigenvalue weighted by atomic mass is 9.98. The van der Waals surface area contributed by atoms with E-state index >= 15 is 0 Å². The second-order valence-electron chi connectivity index (χ2n) is 10.2. The van der Waals surface area contributed by atoms with Crippen molar-refractivity contribution >= 4 is 29.5 Å². The third kappa shape index (κ3) is 8.23. The maximum Gasteiger partial charge on any atom is 0.408 e. The van der Waals surface area contributed by atoms with E-state index < -0.39 is 41.5 Å². The Bertz CT molecular complexity index is 1270. The molecule has 2 unspecified atom stereocenters. The van der Waals surface area contributed by atoms with Gasteiger partial charge >= 0.3 is 6.09 Å². The molecule has 2 aromatic rings. The summed E-state index contributed by atoms with van der Waals surface area (Å²) in [7, 11) is 0. The first kappa shape index (κ1) is 30.7.